The van der Waals surface area contributed by atoms with E-state index in [4.69, 9.17) is 15.0 Å². The van der Waals surface area contributed by atoms with Crippen molar-refractivity contribution in [1.29, 1.82) is 0 Å². The third kappa shape index (κ3) is 30.5. The molecule has 6 nitrogen and oxygen atoms in total. The fourth-order valence-corrected chi connectivity index (χ4v) is 6.58. The summed E-state index contributed by atoms with van der Waals surface area (Å²) in [6, 6.07) is 0. The van der Waals surface area contributed by atoms with Crippen molar-refractivity contribution in [3.8, 4) is 0 Å². The van der Waals surface area contributed by atoms with Crippen molar-refractivity contribution < 1.29 is 0 Å². The Morgan fingerprint density at radius 3 is 0.604 bits per heavy atom. The molecule has 0 aliphatic carbocycles. The van der Waals surface area contributed by atoms with Crippen LogP contribution in [0.2, 0.25) is 0 Å². The van der Waals surface area contributed by atoms with E-state index < -0.39 is 0 Å². The first kappa shape index (κ1) is 44.4. The molecule has 0 unspecified atom stereocenters. The molecule has 1 aromatic heterocycles. The molecular weight excluding hydrogens is 589 g/mol. The zero-order valence-electron chi connectivity index (χ0n) is 32.8. The molecule has 0 aromatic carbocycles. The molecule has 1 rings (SSSR count). The SMILES string of the molecule is CCCCCCCCCCCCCNc1nc(NCCCCCCCCCCCCC)nc(NCCCCCCCCCCCCC)n1. The Labute approximate surface area is 300 Å². The molecule has 282 valence electrons. The van der Waals surface area contributed by atoms with Gasteiger partial charge in [-0.3, -0.25) is 0 Å². The zero-order valence-corrected chi connectivity index (χ0v) is 32.8. The third-order valence-corrected chi connectivity index (χ3v) is 9.83. The van der Waals surface area contributed by atoms with Gasteiger partial charge < -0.3 is 16.0 Å². The smallest absolute Gasteiger partial charge is 0.229 e. The number of rotatable bonds is 39. The first-order valence-electron chi connectivity index (χ1n) is 21.8. The Kier molecular flexibility index (Phi) is 34.0. The van der Waals surface area contributed by atoms with Gasteiger partial charge in [0.05, 0.1) is 0 Å². The molecular formula is C42H84N6. The van der Waals surface area contributed by atoms with Gasteiger partial charge in [-0.15, -0.1) is 0 Å². The molecule has 1 aromatic rings. The third-order valence-electron chi connectivity index (χ3n) is 9.83. The molecule has 0 spiro atoms. The van der Waals surface area contributed by atoms with Gasteiger partial charge >= 0.3 is 0 Å². The van der Waals surface area contributed by atoms with Crippen LogP contribution in [0, 0.1) is 0 Å². The van der Waals surface area contributed by atoms with Gasteiger partial charge in [0.1, 0.15) is 0 Å². The number of nitrogens with zero attached hydrogens (tertiary/aromatic N) is 3. The summed E-state index contributed by atoms with van der Waals surface area (Å²) < 4.78 is 0. The van der Waals surface area contributed by atoms with Crippen molar-refractivity contribution in [2.45, 2.75) is 233 Å². The highest BCUT2D eigenvalue weighted by Gasteiger charge is 2.07. The van der Waals surface area contributed by atoms with Crippen molar-refractivity contribution in [2.24, 2.45) is 0 Å². The maximum absolute atomic E-state index is 4.74. The minimum Gasteiger partial charge on any atom is -0.354 e. The fraction of sp³-hybridized carbons (Fsp3) is 0.929. The fourth-order valence-electron chi connectivity index (χ4n) is 6.58. The second kappa shape index (κ2) is 36.7. The summed E-state index contributed by atoms with van der Waals surface area (Å²) >= 11 is 0. The Morgan fingerprint density at radius 1 is 0.250 bits per heavy atom. The predicted molar refractivity (Wildman–Crippen MR) is 215 cm³/mol. The predicted octanol–water partition coefficient (Wildman–Crippen LogP) is 14.0. The van der Waals surface area contributed by atoms with E-state index in [1.54, 1.807) is 0 Å². The van der Waals surface area contributed by atoms with Crippen LogP contribution in [0.25, 0.3) is 0 Å². The van der Waals surface area contributed by atoms with Crippen molar-refractivity contribution in [2.75, 3.05) is 35.6 Å². The van der Waals surface area contributed by atoms with Crippen molar-refractivity contribution >= 4 is 17.8 Å². The summed E-state index contributed by atoms with van der Waals surface area (Å²) in [5, 5.41) is 10.5. The maximum atomic E-state index is 4.74. The van der Waals surface area contributed by atoms with E-state index in [0.29, 0.717) is 17.8 Å². The number of aromatic nitrogens is 3. The number of unbranched alkanes of at least 4 members (excludes halogenated alkanes) is 30. The van der Waals surface area contributed by atoms with Crippen LogP contribution in [0.4, 0.5) is 17.8 Å². The molecule has 1 heterocycles. The van der Waals surface area contributed by atoms with E-state index in [1.807, 2.05) is 0 Å². The van der Waals surface area contributed by atoms with E-state index in [-0.39, 0.29) is 0 Å². The summed E-state index contributed by atoms with van der Waals surface area (Å²) in [5.41, 5.74) is 0. The molecule has 6 heteroatoms. The van der Waals surface area contributed by atoms with E-state index in [1.165, 1.54) is 212 Å². The quantitative estimate of drug-likeness (QED) is 0.0604. The van der Waals surface area contributed by atoms with Gasteiger partial charge in [-0.05, 0) is 19.3 Å². The molecule has 0 amide bonds. The van der Waals surface area contributed by atoms with Crippen LogP contribution in [0.15, 0.2) is 0 Å². The zero-order chi connectivity index (χ0) is 34.4. The molecule has 0 saturated carbocycles. The van der Waals surface area contributed by atoms with Crippen molar-refractivity contribution in [3.63, 3.8) is 0 Å². The lowest BCUT2D eigenvalue weighted by Gasteiger charge is -2.11. The first-order chi connectivity index (χ1) is 23.8. The van der Waals surface area contributed by atoms with Gasteiger partial charge in [-0.25, -0.2) is 0 Å². The van der Waals surface area contributed by atoms with Gasteiger partial charge in [0.15, 0.2) is 0 Å². The van der Waals surface area contributed by atoms with Crippen LogP contribution in [-0.4, -0.2) is 34.6 Å². The van der Waals surface area contributed by atoms with Gasteiger partial charge in [0.2, 0.25) is 17.8 Å². The molecule has 0 bridgehead atoms. The van der Waals surface area contributed by atoms with Crippen LogP contribution in [0.3, 0.4) is 0 Å². The lowest BCUT2D eigenvalue weighted by Crippen LogP contribution is -2.14. The van der Waals surface area contributed by atoms with E-state index in [2.05, 4.69) is 36.7 Å². The van der Waals surface area contributed by atoms with Crippen LogP contribution >= 0.6 is 0 Å². The summed E-state index contributed by atoms with van der Waals surface area (Å²) in [5.74, 6) is 2.12. The monoisotopic (exact) mass is 673 g/mol. The topological polar surface area (TPSA) is 74.8 Å². The highest BCUT2D eigenvalue weighted by molar-refractivity contribution is 5.42. The normalized spacial score (nSPS) is 11.3. The van der Waals surface area contributed by atoms with Gasteiger partial charge in [0, 0.05) is 19.6 Å². The summed E-state index contributed by atoms with van der Waals surface area (Å²) in [6.45, 7) is 9.66. The van der Waals surface area contributed by atoms with E-state index >= 15 is 0 Å². The molecule has 3 N–H and O–H groups in total. The molecule has 0 atom stereocenters. The minimum atomic E-state index is 0.708. The summed E-state index contributed by atoms with van der Waals surface area (Å²) in [7, 11) is 0. The average Bonchev–Trinajstić information content (AvgIpc) is 3.09. The largest absolute Gasteiger partial charge is 0.354 e. The number of hydrogen-bond acceptors (Lipinski definition) is 6. The molecule has 0 fully saturated rings. The van der Waals surface area contributed by atoms with Gasteiger partial charge in [-0.1, -0.05) is 213 Å². The van der Waals surface area contributed by atoms with Crippen molar-refractivity contribution in [3.05, 3.63) is 0 Å². The highest BCUT2D eigenvalue weighted by Crippen LogP contribution is 2.15. The molecule has 0 saturated heterocycles. The highest BCUT2D eigenvalue weighted by atomic mass is 15.3. The standard InChI is InChI=1S/C42H84N6/c1-4-7-10-13-16-19-22-25-28-31-34-37-43-40-46-41(44-38-35-32-29-26-23-20-17-14-11-8-5-2)48-42(47-40)45-39-36-33-30-27-24-21-18-15-12-9-6-3/h4-39H2,1-3H3,(H3,43,44,45,46,47,48). The maximum Gasteiger partial charge on any atom is 0.229 e. The molecule has 0 aliphatic rings. The Bertz CT molecular complexity index is 660. The van der Waals surface area contributed by atoms with Crippen LogP contribution in [0.5, 0.6) is 0 Å². The lowest BCUT2D eigenvalue weighted by atomic mass is 10.1. The lowest BCUT2D eigenvalue weighted by molar-refractivity contribution is 0.552. The first-order valence-corrected chi connectivity index (χ1v) is 21.8. The van der Waals surface area contributed by atoms with Crippen LogP contribution in [-0.2, 0) is 0 Å². The van der Waals surface area contributed by atoms with E-state index in [0.717, 1.165) is 19.6 Å². The minimum absolute atomic E-state index is 0.708. The second-order valence-electron chi connectivity index (χ2n) is 14.7. The Morgan fingerprint density at radius 2 is 0.417 bits per heavy atom. The Hall–Kier alpha value is -1.59. The van der Waals surface area contributed by atoms with Crippen LogP contribution in [0.1, 0.15) is 233 Å². The number of nitrogens with one attached hydrogen (secondary N) is 3. The van der Waals surface area contributed by atoms with Gasteiger partial charge in [0.25, 0.3) is 0 Å². The van der Waals surface area contributed by atoms with Crippen LogP contribution < -0.4 is 16.0 Å². The van der Waals surface area contributed by atoms with Crippen molar-refractivity contribution in [1.82, 2.24) is 15.0 Å². The average molecular weight is 673 g/mol. The number of anilines is 3. The second-order valence-corrected chi connectivity index (χ2v) is 14.7. The van der Waals surface area contributed by atoms with Gasteiger partial charge in [-0.2, -0.15) is 15.0 Å². The molecule has 48 heavy (non-hydrogen) atoms. The molecule has 0 aliphatic heterocycles. The number of hydrogen-bond donors (Lipinski definition) is 3. The van der Waals surface area contributed by atoms with E-state index in [9.17, 15) is 0 Å². The molecule has 0 radical (unpaired) electrons. The Balaban J connectivity index is 2.32. The summed E-state index contributed by atoms with van der Waals surface area (Å²) in [6.07, 6.45) is 45.0. The summed E-state index contributed by atoms with van der Waals surface area (Å²) in [4.78, 5) is 14.2.